The third kappa shape index (κ3) is 3.45. The van der Waals surface area contributed by atoms with E-state index in [-0.39, 0.29) is 12.4 Å². The zero-order valence-corrected chi connectivity index (χ0v) is 12.8. The smallest absolute Gasteiger partial charge is 0.200 e. The Hall–Kier alpha value is -1.68. The molecule has 0 spiro atoms. The van der Waals surface area contributed by atoms with Crippen molar-refractivity contribution in [1.82, 2.24) is 0 Å². The number of rotatable bonds is 4. The fraction of sp³-hybridized carbons (Fsp3) is 0.188. The average molecular weight is 337 g/mol. The summed E-state index contributed by atoms with van der Waals surface area (Å²) in [5.41, 5.74) is 2.79. The van der Waals surface area contributed by atoms with Gasteiger partial charge in [-0.15, -0.1) is 0 Å². The van der Waals surface area contributed by atoms with Gasteiger partial charge in [0.2, 0.25) is 0 Å². The summed E-state index contributed by atoms with van der Waals surface area (Å²) in [6.07, 6.45) is 0. The van der Waals surface area contributed by atoms with Crippen molar-refractivity contribution in [2.45, 2.75) is 13.8 Å². The van der Waals surface area contributed by atoms with Gasteiger partial charge in [0, 0.05) is 11.6 Å². The second kappa shape index (κ2) is 6.18. The molecule has 0 amide bonds. The van der Waals surface area contributed by atoms with Crippen LogP contribution in [-0.2, 0) is 0 Å². The Morgan fingerprint density at radius 2 is 1.90 bits per heavy atom. The number of benzene rings is 2. The van der Waals surface area contributed by atoms with E-state index in [0.29, 0.717) is 15.8 Å². The average Bonchev–Trinajstić information content (AvgIpc) is 2.42. The molecule has 2 nitrogen and oxygen atoms in total. The van der Waals surface area contributed by atoms with E-state index < -0.39 is 5.82 Å². The lowest BCUT2D eigenvalue weighted by atomic mass is 10.0. The molecule has 2 aromatic carbocycles. The van der Waals surface area contributed by atoms with E-state index in [0.717, 1.165) is 11.1 Å². The fourth-order valence-corrected chi connectivity index (χ4v) is 2.09. The molecule has 2 aromatic rings. The van der Waals surface area contributed by atoms with Gasteiger partial charge in [-0.05, 0) is 59.1 Å². The van der Waals surface area contributed by atoms with Crippen LogP contribution in [0.3, 0.4) is 0 Å². The first-order valence-corrected chi connectivity index (χ1v) is 6.95. The lowest BCUT2D eigenvalue weighted by molar-refractivity contribution is 0.0920. The summed E-state index contributed by atoms with van der Waals surface area (Å²) in [5.74, 6) is -0.215. The van der Waals surface area contributed by atoms with E-state index in [9.17, 15) is 9.18 Å². The van der Waals surface area contributed by atoms with Crippen LogP contribution < -0.4 is 4.74 Å². The highest BCUT2D eigenvalue weighted by molar-refractivity contribution is 9.10. The summed E-state index contributed by atoms with van der Waals surface area (Å²) in [7, 11) is 0. The van der Waals surface area contributed by atoms with Gasteiger partial charge in [-0.3, -0.25) is 4.79 Å². The second-order valence-electron chi connectivity index (χ2n) is 4.59. The lowest BCUT2D eigenvalue weighted by Gasteiger charge is -2.08. The number of ether oxygens (including phenoxy) is 1. The Morgan fingerprint density at radius 3 is 2.60 bits per heavy atom. The molecule has 20 heavy (non-hydrogen) atoms. The van der Waals surface area contributed by atoms with Gasteiger partial charge in [0.1, 0.15) is 11.6 Å². The standard InChI is InChI=1S/C16H14BrFO2/c1-10-3-4-12(7-11(10)2)15(19)9-20-16-8-13(18)5-6-14(16)17/h3-8H,9H2,1-2H3. The zero-order chi connectivity index (χ0) is 14.7. The molecule has 2 rings (SSSR count). The largest absolute Gasteiger partial charge is 0.484 e. The number of carbonyl (C=O) groups is 1. The van der Waals surface area contributed by atoms with Crippen molar-refractivity contribution in [1.29, 1.82) is 0 Å². The Morgan fingerprint density at radius 1 is 1.15 bits per heavy atom. The Labute approximate surface area is 125 Å². The van der Waals surface area contributed by atoms with Gasteiger partial charge >= 0.3 is 0 Å². The maximum atomic E-state index is 13.1. The maximum absolute atomic E-state index is 13.1. The van der Waals surface area contributed by atoms with Gasteiger partial charge in [-0.25, -0.2) is 4.39 Å². The van der Waals surface area contributed by atoms with Gasteiger partial charge in [0.25, 0.3) is 0 Å². The summed E-state index contributed by atoms with van der Waals surface area (Å²) in [6.45, 7) is 3.82. The summed E-state index contributed by atoms with van der Waals surface area (Å²) >= 11 is 3.25. The van der Waals surface area contributed by atoms with Crippen LogP contribution in [0.15, 0.2) is 40.9 Å². The van der Waals surface area contributed by atoms with Crippen molar-refractivity contribution in [2.75, 3.05) is 6.61 Å². The minimum Gasteiger partial charge on any atom is -0.484 e. The molecule has 0 bridgehead atoms. The molecular weight excluding hydrogens is 323 g/mol. The number of ketones is 1. The Bertz CT molecular complexity index is 653. The summed E-state index contributed by atoms with van der Waals surface area (Å²) in [6, 6.07) is 9.63. The van der Waals surface area contributed by atoms with E-state index in [4.69, 9.17) is 4.74 Å². The highest BCUT2D eigenvalue weighted by Gasteiger charge is 2.10. The molecule has 4 heteroatoms. The molecule has 0 aromatic heterocycles. The van der Waals surface area contributed by atoms with Gasteiger partial charge in [0.15, 0.2) is 12.4 Å². The molecule has 104 valence electrons. The number of Topliss-reactive ketones (excluding diaryl/α,β-unsaturated/α-hetero) is 1. The molecule has 0 unspecified atom stereocenters. The first-order chi connectivity index (χ1) is 9.47. The van der Waals surface area contributed by atoms with Gasteiger partial charge in [-0.2, -0.15) is 0 Å². The molecule has 0 aliphatic carbocycles. The molecule has 0 N–H and O–H groups in total. The van der Waals surface area contributed by atoms with Crippen LogP contribution in [0.2, 0.25) is 0 Å². The predicted octanol–water partition coefficient (Wildman–Crippen LogP) is 4.47. The van der Waals surface area contributed by atoms with Crippen molar-refractivity contribution in [3.8, 4) is 5.75 Å². The highest BCUT2D eigenvalue weighted by atomic mass is 79.9. The molecule has 0 fully saturated rings. The SMILES string of the molecule is Cc1ccc(C(=O)COc2cc(F)ccc2Br)cc1C. The normalized spacial score (nSPS) is 10.4. The molecule has 0 heterocycles. The van der Waals surface area contributed by atoms with E-state index in [1.165, 1.54) is 12.1 Å². The van der Waals surface area contributed by atoms with E-state index in [1.54, 1.807) is 12.1 Å². The van der Waals surface area contributed by atoms with Crippen LogP contribution in [0.25, 0.3) is 0 Å². The predicted molar refractivity (Wildman–Crippen MR) is 79.8 cm³/mol. The van der Waals surface area contributed by atoms with E-state index in [2.05, 4.69) is 15.9 Å². The third-order valence-corrected chi connectivity index (χ3v) is 3.74. The van der Waals surface area contributed by atoms with Gasteiger partial charge in [-0.1, -0.05) is 12.1 Å². The van der Waals surface area contributed by atoms with Crippen molar-refractivity contribution in [3.63, 3.8) is 0 Å². The van der Waals surface area contributed by atoms with Gasteiger partial charge < -0.3 is 4.74 Å². The fourth-order valence-electron chi connectivity index (χ4n) is 1.73. The number of hydrogen-bond donors (Lipinski definition) is 0. The minimum atomic E-state index is -0.401. The molecule has 0 radical (unpaired) electrons. The van der Waals surface area contributed by atoms with Gasteiger partial charge in [0.05, 0.1) is 4.47 Å². The van der Waals surface area contributed by atoms with Crippen LogP contribution in [-0.4, -0.2) is 12.4 Å². The summed E-state index contributed by atoms with van der Waals surface area (Å²) in [5, 5.41) is 0. The zero-order valence-electron chi connectivity index (χ0n) is 11.2. The van der Waals surface area contributed by atoms with Crippen LogP contribution >= 0.6 is 15.9 Å². The van der Waals surface area contributed by atoms with Crippen LogP contribution in [0.4, 0.5) is 4.39 Å². The first kappa shape index (κ1) is 14.7. The molecule has 0 aliphatic rings. The molecule has 0 atom stereocenters. The van der Waals surface area contributed by atoms with E-state index in [1.807, 2.05) is 26.0 Å². The molecule has 0 aliphatic heterocycles. The third-order valence-electron chi connectivity index (χ3n) is 3.08. The molecular formula is C16H14BrFO2. The van der Waals surface area contributed by atoms with E-state index >= 15 is 0 Å². The number of halogens is 2. The topological polar surface area (TPSA) is 26.3 Å². The Kier molecular flexibility index (Phi) is 4.55. The molecule has 0 saturated carbocycles. The summed E-state index contributed by atoms with van der Waals surface area (Å²) < 4.78 is 19.1. The second-order valence-corrected chi connectivity index (χ2v) is 5.44. The number of hydrogen-bond acceptors (Lipinski definition) is 2. The quantitative estimate of drug-likeness (QED) is 0.770. The van der Waals surface area contributed by atoms with Crippen molar-refractivity contribution < 1.29 is 13.9 Å². The number of carbonyl (C=O) groups excluding carboxylic acids is 1. The highest BCUT2D eigenvalue weighted by Crippen LogP contribution is 2.25. The minimum absolute atomic E-state index is 0.120. The van der Waals surface area contributed by atoms with Crippen LogP contribution in [0, 0.1) is 19.7 Å². The lowest BCUT2D eigenvalue weighted by Crippen LogP contribution is -2.12. The number of aryl methyl sites for hydroxylation is 2. The van der Waals surface area contributed by atoms with Crippen molar-refractivity contribution >= 4 is 21.7 Å². The summed E-state index contributed by atoms with van der Waals surface area (Å²) in [4.78, 5) is 12.0. The van der Waals surface area contributed by atoms with Crippen LogP contribution in [0.1, 0.15) is 21.5 Å². The van der Waals surface area contributed by atoms with Crippen molar-refractivity contribution in [2.24, 2.45) is 0 Å². The Balaban J connectivity index is 2.08. The van der Waals surface area contributed by atoms with Crippen molar-refractivity contribution in [3.05, 3.63) is 63.4 Å². The maximum Gasteiger partial charge on any atom is 0.200 e. The first-order valence-electron chi connectivity index (χ1n) is 6.15. The monoisotopic (exact) mass is 336 g/mol. The molecule has 0 saturated heterocycles. The van der Waals surface area contributed by atoms with Crippen LogP contribution in [0.5, 0.6) is 5.75 Å².